The van der Waals surface area contributed by atoms with E-state index in [1.807, 2.05) is 0 Å². The molecule has 0 radical (unpaired) electrons. The Morgan fingerprint density at radius 1 is 1.28 bits per heavy atom. The van der Waals surface area contributed by atoms with E-state index in [2.05, 4.69) is 9.97 Å². The molecule has 2 N–H and O–H groups in total. The average Bonchev–Trinajstić information content (AvgIpc) is 2.66. The molecule has 1 aliphatic rings. The summed E-state index contributed by atoms with van der Waals surface area (Å²) in [5, 5.41) is 19.8. The van der Waals surface area contributed by atoms with Crippen LogP contribution in [0.4, 0.5) is 14.5 Å². The molecule has 1 unspecified atom stereocenters. The molecule has 3 heterocycles. The highest BCUT2D eigenvalue weighted by Gasteiger charge is 2.30. The standard InChI is InChI=1S/C19H16ClF2N3O4/c1-9-6-23-13(19(27)28)5-15(9)25-10(2)3-16(17(20)18(25)26)29-8-14-12(22)4-11(21)7-24-14/h3-7,18,26H,8H2,1-2H3,(H,27,28). The summed E-state index contributed by atoms with van der Waals surface area (Å²) < 4.78 is 32.2. The predicted molar refractivity (Wildman–Crippen MR) is 100.0 cm³/mol. The van der Waals surface area contributed by atoms with Crippen LogP contribution in [-0.4, -0.2) is 32.4 Å². The van der Waals surface area contributed by atoms with E-state index in [-0.39, 0.29) is 28.8 Å². The topological polar surface area (TPSA) is 95.8 Å². The highest BCUT2D eigenvalue weighted by molar-refractivity contribution is 6.31. The Morgan fingerprint density at radius 2 is 2.00 bits per heavy atom. The molecule has 0 aliphatic carbocycles. The molecule has 0 aromatic carbocycles. The number of aromatic nitrogens is 2. The van der Waals surface area contributed by atoms with Gasteiger partial charge in [-0.15, -0.1) is 0 Å². The quantitative estimate of drug-likeness (QED) is 0.760. The van der Waals surface area contributed by atoms with E-state index in [0.717, 1.165) is 6.20 Å². The number of carboxylic acids is 1. The Morgan fingerprint density at radius 3 is 2.66 bits per heavy atom. The molecule has 0 amide bonds. The molecule has 1 aliphatic heterocycles. The Balaban J connectivity index is 1.87. The van der Waals surface area contributed by atoms with Crippen molar-refractivity contribution in [2.45, 2.75) is 26.7 Å². The van der Waals surface area contributed by atoms with Crippen molar-refractivity contribution in [1.82, 2.24) is 9.97 Å². The van der Waals surface area contributed by atoms with E-state index in [4.69, 9.17) is 21.4 Å². The number of anilines is 1. The van der Waals surface area contributed by atoms with E-state index < -0.39 is 23.8 Å². The number of pyridine rings is 2. The Bertz CT molecular complexity index is 1040. The average molecular weight is 424 g/mol. The van der Waals surface area contributed by atoms with Gasteiger partial charge in [0.25, 0.3) is 0 Å². The Hall–Kier alpha value is -3.04. The van der Waals surface area contributed by atoms with Crippen LogP contribution < -0.4 is 4.90 Å². The molecule has 152 valence electrons. The van der Waals surface area contributed by atoms with Crippen LogP contribution in [0.5, 0.6) is 0 Å². The van der Waals surface area contributed by atoms with E-state index in [1.165, 1.54) is 23.2 Å². The first-order valence-corrected chi connectivity index (χ1v) is 8.74. The largest absolute Gasteiger partial charge is 0.486 e. The fourth-order valence-corrected chi connectivity index (χ4v) is 2.99. The summed E-state index contributed by atoms with van der Waals surface area (Å²) in [6.45, 7) is 3.04. The van der Waals surface area contributed by atoms with Crippen molar-refractivity contribution >= 4 is 23.3 Å². The van der Waals surface area contributed by atoms with Gasteiger partial charge >= 0.3 is 5.97 Å². The lowest BCUT2D eigenvalue weighted by molar-refractivity contribution is 0.0690. The Labute approximate surface area is 169 Å². The number of halogens is 3. The molecule has 0 saturated carbocycles. The molecule has 3 rings (SSSR count). The van der Waals surface area contributed by atoms with Crippen LogP contribution in [0.2, 0.25) is 0 Å². The summed E-state index contributed by atoms with van der Waals surface area (Å²) in [7, 11) is 0. The zero-order valence-electron chi connectivity index (χ0n) is 15.4. The highest BCUT2D eigenvalue weighted by Crippen LogP contribution is 2.35. The van der Waals surface area contributed by atoms with Crippen molar-refractivity contribution in [3.8, 4) is 0 Å². The molecular weight excluding hydrogens is 408 g/mol. The number of carbonyl (C=O) groups is 1. The highest BCUT2D eigenvalue weighted by atomic mass is 35.5. The summed E-state index contributed by atoms with van der Waals surface area (Å²) >= 11 is 6.24. The van der Waals surface area contributed by atoms with Crippen LogP contribution in [0, 0.1) is 18.6 Å². The molecule has 29 heavy (non-hydrogen) atoms. The maximum Gasteiger partial charge on any atom is 0.354 e. The number of hydrogen-bond donors (Lipinski definition) is 2. The SMILES string of the molecule is CC1=CC(OCc2ncc(F)cc2F)=C(Cl)C(O)N1c1cc(C(=O)O)ncc1C. The minimum absolute atomic E-state index is 0.0867. The van der Waals surface area contributed by atoms with Crippen LogP contribution in [0.1, 0.15) is 28.7 Å². The summed E-state index contributed by atoms with van der Waals surface area (Å²) in [6, 6.07) is 2.01. The van der Waals surface area contributed by atoms with Gasteiger partial charge in [0.05, 0.1) is 11.9 Å². The molecule has 0 spiro atoms. The van der Waals surface area contributed by atoms with Gasteiger partial charge in [-0.05, 0) is 25.5 Å². The van der Waals surface area contributed by atoms with Crippen LogP contribution in [0.25, 0.3) is 0 Å². The second-order valence-electron chi connectivity index (χ2n) is 6.27. The third-order valence-corrected chi connectivity index (χ3v) is 4.61. The van der Waals surface area contributed by atoms with Gasteiger partial charge in [-0.1, -0.05) is 11.6 Å². The zero-order chi connectivity index (χ0) is 21.3. The monoisotopic (exact) mass is 423 g/mol. The minimum atomic E-state index is -1.37. The second kappa shape index (κ2) is 8.14. The lowest BCUT2D eigenvalue weighted by Crippen LogP contribution is -2.37. The van der Waals surface area contributed by atoms with Gasteiger partial charge in [-0.25, -0.2) is 18.6 Å². The molecular formula is C19H16ClF2N3O4. The molecule has 0 fully saturated rings. The number of aromatic carboxylic acids is 1. The summed E-state index contributed by atoms with van der Waals surface area (Å²) in [5.41, 5.74) is 1.21. The Kier molecular flexibility index (Phi) is 5.81. The van der Waals surface area contributed by atoms with E-state index in [9.17, 15) is 18.7 Å². The van der Waals surface area contributed by atoms with Crippen molar-refractivity contribution in [3.63, 3.8) is 0 Å². The van der Waals surface area contributed by atoms with E-state index >= 15 is 0 Å². The second-order valence-corrected chi connectivity index (χ2v) is 6.68. The van der Waals surface area contributed by atoms with Crippen molar-refractivity contribution in [3.05, 3.63) is 75.7 Å². The number of nitrogens with zero attached hydrogens (tertiary/aromatic N) is 3. The van der Waals surface area contributed by atoms with Crippen molar-refractivity contribution in [1.29, 1.82) is 0 Å². The van der Waals surface area contributed by atoms with Gasteiger partial charge in [0.2, 0.25) is 0 Å². The van der Waals surface area contributed by atoms with Gasteiger partial charge < -0.3 is 19.8 Å². The third-order valence-electron chi connectivity index (χ3n) is 4.23. The number of rotatable bonds is 5. The van der Waals surface area contributed by atoms with E-state index in [1.54, 1.807) is 13.8 Å². The number of carboxylic acid groups (broad SMARTS) is 1. The number of aryl methyl sites for hydroxylation is 1. The lowest BCUT2D eigenvalue weighted by Gasteiger charge is -2.35. The number of aliphatic hydroxyl groups excluding tert-OH is 1. The van der Waals surface area contributed by atoms with Crippen LogP contribution in [-0.2, 0) is 11.3 Å². The van der Waals surface area contributed by atoms with Gasteiger partial charge in [0.1, 0.15) is 34.6 Å². The summed E-state index contributed by atoms with van der Waals surface area (Å²) in [6.07, 6.45) is 2.38. The van der Waals surface area contributed by atoms with E-state index in [0.29, 0.717) is 23.0 Å². The van der Waals surface area contributed by atoms with Gasteiger partial charge in [0.15, 0.2) is 12.0 Å². The van der Waals surface area contributed by atoms with Crippen molar-refractivity contribution in [2.24, 2.45) is 0 Å². The number of allylic oxidation sites excluding steroid dienone is 2. The predicted octanol–water partition coefficient (Wildman–Crippen LogP) is 3.47. The molecule has 0 bridgehead atoms. The number of aliphatic hydroxyl groups is 1. The maximum absolute atomic E-state index is 13.7. The maximum atomic E-state index is 13.7. The third kappa shape index (κ3) is 4.20. The van der Waals surface area contributed by atoms with Crippen LogP contribution >= 0.6 is 11.6 Å². The first-order chi connectivity index (χ1) is 13.7. The smallest absolute Gasteiger partial charge is 0.354 e. The first kappa shape index (κ1) is 20.7. The zero-order valence-corrected chi connectivity index (χ0v) is 16.1. The number of hydrogen-bond acceptors (Lipinski definition) is 6. The molecule has 10 heteroatoms. The van der Waals surface area contributed by atoms with Crippen molar-refractivity contribution in [2.75, 3.05) is 4.90 Å². The molecule has 7 nitrogen and oxygen atoms in total. The number of ether oxygens (including phenoxy) is 1. The first-order valence-electron chi connectivity index (χ1n) is 8.37. The molecule has 2 aromatic rings. The fourth-order valence-electron chi connectivity index (χ4n) is 2.78. The van der Waals surface area contributed by atoms with Gasteiger partial charge in [-0.3, -0.25) is 4.98 Å². The fraction of sp³-hybridized carbons (Fsp3) is 0.211. The summed E-state index contributed by atoms with van der Waals surface area (Å²) in [5.74, 6) is -2.80. The minimum Gasteiger partial charge on any atom is -0.486 e. The van der Waals surface area contributed by atoms with Crippen LogP contribution in [0.3, 0.4) is 0 Å². The lowest BCUT2D eigenvalue weighted by atomic mass is 10.1. The molecule has 1 atom stereocenters. The van der Waals surface area contributed by atoms with Gasteiger partial charge in [0, 0.05) is 24.0 Å². The molecule has 2 aromatic heterocycles. The summed E-state index contributed by atoms with van der Waals surface area (Å²) in [4.78, 5) is 20.1. The normalized spacial score (nSPS) is 16.7. The molecule has 0 saturated heterocycles. The van der Waals surface area contributed by atoms with Crippen molar-refractivity contribution < 1.29 is 28.5 Å². The van der Waals surface area contributed by atoms with Crippen LogP contribution in [0.15, 0.2) is 47.1 Å². The van der Waals surface area contributed by atoms with Gasteiger partial charge in [-0.2, -0.15) is 0 Å².